The van der Waals surface area contributed by atoms with E-state index in [-0.39, 0.29) is 16.6 Å². The third kappa shape index (κ3) is 6.06. The number of nitrogens with two attached hydrogens (primary N) is 1. The Morgan fingerprint density at radius 2 is 1.88 bits per heavy atom. The number of thiocarbonyl (C=S) groups is 1. The molecule has 2 aromatic rings. The van der Waals surface area contributed by atoms with Crippen LogP contribution in [0.5, 0.6) is 5.75 Å². The molecular formula is C16H16BrN3O4S2. The van der Waals surface area contributed by atoms with Crippen molar-refractivity contribution in [3.8, 4) is 5.75 Å². The van der Waals surface area contributed by atoms with Gasteiger partial charge in [0.05, 0.1) is 4.90 Å². The van der Waals surface area contributed by atoms with E-state index >= 15 is 0 Å². The number of halogens is 1. The largest absolute Gasteiger partial charge is 0.483 e. The van der Waals surface area contributed by atoms with Crippen molar-refractivity contribution in [2.45, 2.75) is 11.8 Å². The molecule has 2 aromatic carbocycles. The number of carbonyl (C=O) groups is 1. The molecule has 2 rings (SSSR count). The highest BCUT2D eigenvalue weighted by atomic mass is 79.9. The predicted octanol–water partition coefficient (Wildman–Crippen LogP) is 2.30. The van der Waals surface area contributed by atoms with Gasteiger partial charge in [0, 0.05) is 10.2 Å². The SMILES string of the molecule is Cc1cc(Br)ccc1OCC(=O)NC(=S)Nc1ccc(S(N)(=O)=O)cc1. The number of carbonyl (C=O) groups excluding carboxylic acids is 1. The van der Waals surface area contributed by atoms with Crippen LogP contribution in [0.1, 0.15) is 5.56 Å². The Labute approximate surface area is 165 Å². The molecule has 0 heterocycles. The Kier molecular flexibility index (Phi) is 6.70. The minimum absolute atomic E-state index is 0.0173. The van der Waals surface area contributed by atoms with Crippen LogP contribution in [0.3, 0.4) is 0 Å². The maximum Gasteiger partial charge on any atom is 0.264 e. The van der Waals surface area contributed by atoms with Crippen LogP contribution >= 0.6 is 28.1 Å². The van der Waals surface area contributed by atoms with Gasteiger partial charge < -0.3 is 10.1 Å². The molecular weight excluding hydrogens is 442 g/mol. The van der Waals surface area contributed by atoms with Crippen LogP contribution in [-0.4, -0.2) is 26.0 Å². The third-order valence-electron chi connectivity index (χ3n) is 3.19. The van der Waals surface area contributed by atoms with Gasteiger partial charge in [-0.3, -0.25) is 10.1 Å². The fourth-order valence-electron chi connectivity index (χ4n) is 1.97. The summed E-state index contributed by atoms with van der Waals surface area (Å²) in [5.74, 6) is 0.173. The molecule has 7 nitrogen and oxygen atoms in total. The van der Waals surface area contributed by atoms with E-state index in [0.717, 1.165) is 10.0 Å². The number of rotatable bonds is 5. The zero-order valence-electron chi connectivity index (χ0n) is 13.7. The van der Waals surface area contributed by atoms with Gasteiger partial charge in [0.2, 0.25) is 10.0 Å². The number of anilines is 1. The number of aryl methyl sites for hydroxylation is 1. The molecule has 10 heteroatoms. The monoisotopic (exact) mass is 457 g/mol. The molecule has 0 aliphatic heterocycles. The van der Waals surface area contributed by atoms with Gasteiger partial charge >= 0.3 is 0 Å². The highest BCUT2D eigenvalue weighted by Gasteiger charge is 2.09. The van der Waals surface area contributed by atoms with Crippen LogP contribution in [-0.2, 0) is 14.8 Å². The first-order valence-corrected chi connectivity index (χ1v) is 10.0. The molecule has 0 saturated heterocycles. The van der Waals surface area contributed by atoms with Crippen molar-refractivity contribution >= 4 is 54.9 Å². The average molecular weight is 458 g/mol. The Bertz CT molecular complexity index is 931. The normalized spacial score (nSPS) is 10.9. The van der Waals surface area contributed by atoms with Gasteiger partial charge in [-0.15, -0.1) is 0 Å². The molecule has 26 heavy (non-hydrogen) atoms. The summed E-state index contributed by atoms with van der Waals surface area (Å²) in [6.07, 6.45) is 0. The number of nitrogens with one attached hydrogen (secondary N) is 2. The maximum atomic E-state index is 11.9. The fraction of sp³-hybridized carbons (Fsp3) is 0.125. The summed E-state index contributed by atoms with van der Waals surface area (Å²) >= 11 is 8.40. The molecule has 0 bridgehead atoms. The molecule has 0 aliphatic carbocycles. The minimum Gasteiger partial charge on any atom is -0.483 e. The van der Waals surface area contributed by atoms with Crippen LogP contribution in [0.4, 0.5) is 5.69 Å². The van der Waals surface area contributed by atoms with Crippen molar-refractivity contribution in [3.63, 3.8) is 0 Å². The van der Waals surface area contributed by atoms with Gasteiger partial charge in [-0.2, -0.15) is 0 Å². The highest BCUT2D eigenvalue weighted by molar-refractivity contribution is 9.10. The maximum absolute atomic E-state index is 11.9. The Hall–Kier alpha value is -2.01. The minimum atomic E-state index is -3.76. The summed E-state index contributed by atoms with van der Waals surface area (Å²) in [7, 11) is -3.76. The van der Waals surface area contributed by atoms with Crippen LogP contribution in [0.25, 0.3) is 0 Å². The standard InChI is InChI=1S/C16H16BrN3O4S2/c1-10-8-11(17)2-7-14(10)24-9-15(21)20-16(25)19-12-3-5-13(6-4-12)26(18,22)23/h2-8H,9H2,1H3,(H2,18,22,23)(H2,19,20,21,25). The molecule has 0 atom stereocenters. The molecule has 0 aliphatic rings. The van der Waals surface area contributed by atoms with E-state index in [1.807, 2.05) is 19.1 Å². The van der Waals surface area contributed by atoms with E-state index in [0.29, 0.717) is 11.4 Å². The smallest absolute Gasteiger partial charge is 0.264 e. The molecule has 0 unspecified atom stereocenters. The summed E-state index contributed by atoms with van der Waals surface area (Å²) < 4.78 is 28.8. The van der Waals surface area contributed by atoms with Gasteiger partial charge in [0.15, 0.2) is 11.7 Å². The summed E-state index contributed by atoms with van der Waals surface area (Å²) in [5.41, 5.74) is 1.40. The first-order valence-electron chi connectivity index (χ1n) is 7.28. The molecule has 0 radical (unpaired) electrons. The number of amides is 1. The number of hydrogen-bond acceptors (Lipinski definition) is 5. The summed E-state index contributed by atoms with van der Waals surface area (Å²) in [6, 6.07) is 11.1. The van der Waals surface area contributed by atoms with E-state index in [2.05, 4.69) is 26.6 Å². The zero-order chi connectivity index (χ0) is 19.3. The molecule has 138 valence electrons. The van der Waals surface area contributed by atoms with E-state index < -0.39 is 15.9 Å². The van der Waals surface area contributed by atoms with Crippen LogP contribution in [0, 0.1) is 6.92 Å². The van der Waals surface area contributed by atoms with Crippen molar-refractivity contribution in [3.05, 3.63) is 52.5 Å². The molecule has 0 saturated carbocycles. The summed E-state index contributed by atoms with van der Waals surface area (Å²) in [5, 5.41) is 10.3. The molecule has 0 spiro atoms. The first kappa shape index (κ1) is 20.3. The van der Waals surface area contributed by atoms with Gasteiger partial charge in [0.25, 0.3) is 5.91 Å². The van der Waals surface area contributed by atoms with Gasteiger partial charge in [-0.1, -0.05) is 15.9 Å². The average Bonchev–Trinajstić information content (AvgIpc) is 2.53. The fourth-order valence-corrected chi connectivity index (χ4v) is 3.19. The highest BCUT2D eigenvalue weighted by Crippen LogP contribution is 2.22. The second-order valence-electron chi connectivity index (χ2n) is 5.27. The van der Waals surface area contributed by atoms with E-state index in [4.69, 9.17) is 22.1 Å². The Morgan fingerprint density at radius 1 is 1.23 bits per heavy atom. The van der Waals surface area contributed by atoms with Crippen molar-refractivity contribution in [1.82, 2.24) is 5.32 Å². The van der Waals surface area contributed by atoms with Crippen LogP contribution in [0.2, 0.25) is 0 Å². The van der Waals surface area contributed by atoms with Gasteiger partial charge in [-0.25, -0.2) is 13.6 Å². The van der Waals surface area contributed by atoms with E-state index in [1.54, 1.807) is 6.07 Å². The summed E-state index contributed by atoms with van der Waals surface area (Å²) in [4.78, 5) is 11.9. The molecule has 0 aromatic heterocycles. The number of sulfonamides is 1. The number of primary sulfonamides is 1. The van der Waals surface area contributed by atoms with Crippen molar-refractivity contribution in [1.29, 1.82) is 0 Å². The lowest BCUT2D eigenvalue weighted by Crippen LogP contribution is -2.37. The van der Waals surface area contributed by atoms with Crippen molar-refractivity contribution < 1.29 is 17.9 Å². The Morgan fingerprint density at radius 3 is 2.46 bits per heavy atom. The third-order valence-corrected chi connectivity index (χ3v) is 4.82. The molecule has 0 fully saturated rings. The van der Waals surface area contributed by atoms with Gasteiger partial charge in [-0.05, 0) is 67.2 Å². The lowest BCUT2D eigenvalue weighted by atomic mass is 10.2. The van der Waals surface area contributed by atoms with Crippen LogP contribution in [0.15, 0.2) is 51.8 Å². The summed E-state index contributed by atoms with van der Waals surface area (Å²) in [6.45, 7) is 1.67. The number of hydrogen-bond donors (Lipinski definition) is 3. The van der Waals surface area contributed by atoms with Crippen LogP contribution < -0.4 is 20.5 Å². The van der Waals surface area contributed by atoms with E-state index in [9.17, 15) is 13.2 Å². The zero-order valence-corrected chi connectivity index (χ0v) is 16.9. The van der Waals surface area contributed by atoms with Crippen molar-refractivity contribution in [2.75, 3.05) is 11.9 Å². The lowest BCUT2D eigenvalue weighted by molar-refractivity contribution is -0.121. The predicted molar refractivity (Wildman–Crippen MR) is 107 cm³/mol. The molecule has 1 amide bonds. The van der Waals surface area contributed by atoms with Gasteiger partial charge in [0.1, 0.15) is 5.75 Å². The number of ether oxygens (including phenoxy) is 1. The Balaban J connectivity index is 1.86. The van der Waals surface area contributed by atoms with E-state index in [1.165, 1.54) is 24.3 Å². The molecule has 4 N–H and O–H groups in total. The second kappa shape index (κ2) is 8.58. The van der Waals surface area contributed by atoms with Crippen molar-refractivity contribution in [2.24, 2.45) is 5.14 Å². The first-order chi connectivity index (χ1) is 12.1. The topological polar surface area (TPSA) is 111 Å². The second-order valence-corrected chi connectivity index (χ2v) is 8.16. The quantitative estimate of drug-likeness (QED) is 0.594. The number of benzene rings is 2. The lowest BCUT2D eigenvalue weighted by Gasteiger charge is -2.12.